The topological polar surface area (TPSA) is 80.6 Å². The summed E-state index contributed by atoms with van der Waals surface area (Å²) in [5, 5.41) is 3.69. The summed E-state index contributed by atoms with van der Waals surface area (Å²) in [6.45, 7) is 4.09. The lowest BCUT2D eigenvalue weighted by Gasteiger charge is -2.35. The maximum absolute atomic E-state index is 13.7. The summed E-state index contributed by atoms with van der Waals surface area (Å²) in [6.07, 6.45) is 0.785. The van der Waals surface area contributed by atoms with Crippen molar-refractivity contribution in [1.29, 1.82) is 0 Å². The molecule has 0 fully saturated rings. The van der Waals surface area contributed by atoms with Crippen LogP contribution in [0.2, 0.25) is 0 Å². The Kier molecular flexibility index (Phi) is 5.99. The van der Waals surface area contributed by atoms with Gasteiger partial charge in [0.2, 0.25) is 0 Å². The third-order valence-corrected chi connectivity index (χ3v) is 6.03. The van der Waals surface area contributed by atoms with E-state index in [2.05, 4.69) is 5.32 Å². The maximum atomic E-state index is 13.7. The fourth-order valence-electron chi connectivity index (χ4n) is 4.08. The molecule has 2 aromatic carbocycles. The zero-order valence-electron chi connectivity index (χ0n) is 18.5. The number of carbonyl (C=O) groups excluding carboxylic acids is 2. The monoisotopic (exact) mass is 433 g/mol. The summed E-state index contributed by atoms with van der Waals surface area (Å²) in [7, 11) is 1.68. The van der Waals surface area contributed by atoms with E-state index in [1.54, 1.807) is 25.2 Å². The number of hydrogen-bond donors (Lipinski definition) is 1. The van der Waals surface area contributed by atoms with Crippen molar-refractivity contribution in [1.82, 2.24) is 9.88 Å². The van der Waals surface area contributed by atoms with Crippen molar-refractivity contribution in [3.63, 3.8) is 0 Å². The number of nitrogens with zero attached hydrogens (tertiary/aromatic N) is 2. The lowest BCUT2D eigenvalue weighted by molar-refractivity contribution is -0.128. The Morgan fingerprint density at radius 2 is 1.78 bits per heavy atom. The van der Waals surface area contributed by atoms with Gasteiger partial charge in [0.25, 0.3) is 17.4 Å². The van der Waals surface area contributed by atoms with E-state index in [-0.39, 0.29) is 30.0 Å². The van der Waals surface area contributed by atoms with Crippen LogP contribution in [0, 0.1) is 0 Å². The highest BCUT2D eigenvalue weighted by Crippen LogP contribution is 2.34. The lowest BCUT2D eigenvalue weighted by Crippen LogP contribution is -2.52. The molecule has 0 saturated carbocycles. The van der Waals surface area contributed by atoms with Crippen LogP contribution in [0.4, 0.5) is 5.69 Å². The molecule has 1 aliphatic rings. The van der Waals surface area contributed by atoms with E-state index in [9.17, 15) is 14.4 Å². The molecule has 0 spiro atoms. The Labute approximate surface area is 186 Å². The molecule has 0 saturated heterocycles. The fraction of sp³-hybridized carbons (Fsp3) is 0.320. The molecule has 4 rings (SSSR count). The van der Waals surface area contributed by atoms with Gasteiger partial charge in [-0.2, -0.15) is 0 Å². The number of anilines is 1. The Morgan fingerprint density at radius 3 is 2.53 bits per heavy atom. The van der Waals surface area contributed by atoms with E-state index in [1.807, 2.05) is 44.2 Å². The van der Waals surface area contributed by atoms with Crippen LogP contribution in [0.15, 0.2) is 59.4 Å². The summed E-state index contributed by atoms with van der Waals surface area (Å²) in [5.74, 6) is -0.125. The van der Waals surface area contributed by atoms with Gasteiger partial charge in [-0.1, -0.05) is 44.2 Å². The van der Waals surface area contributed by atoms with Gasteiger partial charge in [-0.25, -0.2) is 0 Å². The highest BCUT2D eigenvalue weighted by Gasteiger charge is 2.35. The van der Waals surface area contributed by atoms with Crippen molar-refractivity contribution in [2.75, 3.05) is 11.4 Å². The number of ether oxygens (including phenoxy) is 1. The molecule has 1 unspecified atom stereocenters. The van der Waals surface area contributed by atoms with Gasteiger partial charge in [0, 0.05) is 24.5 Å². The molecule has 32 heavy (non-hydrogen) atoms. The first-order chi connectivity index (χ1) is 15.4. The SMILES string of the molecule is CCC(CC)NC(=O)C1CN(C(=O)c2cc(=O)n(C)c3ccccc23)c2ccccc2O1. The van der Waals surface area contributed by atoms with Gasteiger partial charge >= 0.3 is 0 Å². The second-order valence-electron chi connectivity index (χ2n) is 7.98. The summed E-state index contributed by atoms with van der Waals surface area (Å²) >= 11 is 0. The smallest absolute Gasteiger partial charge is 0.263 e. The number of fused-ring (bicyclic) bond motifs is 2. The largest absolute Gasteiger partial charge is 0.477 e. The summed E-state index contributed by atoms with van der Waals surface area (Å²) in [4.78, 5) is 40.7. The number of hydrogen-bond acceptors (Lipinski definition) is 4. The van der Waals surface area contributed by atoms with Crippen LogP contribution in [-0.4, -0.2) is 35.1 Å². The van der Waals surface area contributed by atoms with Gasteiger partial charge in [0.1, 0.15) is 5.75 Å². The summed E-state index contributed by atoms with van der Waals surface area (Å²) < 4.78 is 7.48. The van der Waals surface area contributed by atoms with Crippen LogP contribution < -0.4 is 20.5 Å². The van der Waals surface area contributed by atoms with Crippen LogP contribution >= 0.6 is 0 Å². The minimum Gasteiger partial charge on any atom is -0.477 e. The first-order valence-electron chi connectivity index (χ1n) is 10.9. The fourth-order valence-corrected chi connectivity index (χ4v) is 4.08. The zero-order valence-corrected chi connectivity index (χ0v) is 18.5. The van der Waals surface area contributed by atoms with Crippen molar-refractivity contribution in [2.24, 2.45) is 7.05 Å². The van der Waals surface area contributed by atoms with Crippen molar-refractivity contribution in [2.45, 2.75) is 38.8 Å². The highest BCUT2D eigenvalue weighted by atomic mass is 16.5. The summed E-state index contributed by atoms with van der Waals surface area (Å²) in [6, 6.07) is 15.9. The van der Waals surface area contributed by atoms with Crippen LogP contribution in [0.25, 0.3) is 10.9 Å². The van der Waals surface area contributed by atoms with Gasteiger partial charge < -0.3 is 19.5 Å². The second kappa shape index (κ2) is 8.86. The molecule has 2 heterocycles. The van der Waals surface area contributed by atoms with Crippen molar-refractivity contribution >= 4 is 28.4 Å². The molecule has 7 heteroatoms. The van der Waals surface area contributed by atoms with Crippen molar-refractivity contribution in [3.05, 3.63) is 70.5 Å². The number of benzene rings is 2. The molecule has 1 aliphatic heterocycles. The Hall–Kier alpha value is -3.61. The standard InChI is InChI=1S/C25H27N3O4/c1-4-16(5-2)26-24(30)22-15-28(20-12-8-9-13-21(20)32-22)25(31)18-14-23(29)27(3)19-11-7-6-10-17(18)19/h6-14,16,22H,4-5,15H2,1-3H3,(H,26,30). The minimum absolute atomic E-state index is 0.0495. The zero-order chi connectivity index (χ0) is 22.8. The molecule has 0 aliphatic carbocycles. The van der Waals surface area contributed by atoms with E-state index in [1.165, 1.54) is 15.5 Å². The van der Waals surface area contributed by atoms with E-state index < -0.39 is 6.10 Å². The summed E-state index contributed by atoms with van der Waals surface area (Å²) in [5.41, 5.74) is 1.29. The predicted octanol–water partition coefficient (Wildman–Crippen LogP) is 3.25. The second-order valence-corrected chi connectivity index (χ2v) is 7.98. The van der Waals surface area contributed by atoms with Gasteiger partial charge in [0.05, 0.1) is 23.3 Å². The number of aryl methyl sites for hydroxylation is 1. The molecule has 0 radical (unpaired) electrons. The number of nitrogens with one attached hydrogen (secondary N) is 1. The molecule has 0 bridgehead atoms. The van der Waals surface area contributed by atoms with E-state index in [0.717, 1.165) is 12.8 Å². The maximum Gasteiger partial charge on any atom is 0.263 e. The predicted molar refractivity (Wildman–Crippen MR) is 124 cm³/mol. The molecule has 1 atom stereocenters. The molecular weight excluding hydrogens is 406 g/mol. The van der Waals surface area contributed by atoms with Crippen LogP contribution in [-0.2, 0) is 11.8 Å². The third kappa shape index (κ3) is 3.86. The first-order valence-corrected chi connectivity index (χ1v) is 10.9. The van der Waals surface area contributed by atoms with E-state index in [4.69, 9.17) is 4.74 Å². The average Bonchev–Trinajstić information content (AvgIpc) is 2.83. The van der Waals surface area contributed by atoms with Crippen LogP contribution in [0.5, 0.6) is 5.75 Å². The van der Waals surface area contributed by atoms with Crippen molar-refractivity contribution < 1.29 is 14.3 Å². The van der Waals surface area contributed by atoms with Gasteiger partial charge in [-0.05, 0) is 31.0 Å². The minimum atomic E-state index is -0.841. The lowest BCUT2D eigenvalue weighted by atomic mass is 10.1. The molecule has 166 valence electrons. The first kappa shape index (κ1) is 21.6. The number of para-hydroxylation sites is 3. The van der Waals surface area contributed by atoms with E-state index >= 15 is 0 Å². The number of amides is 2. The molecular formula is C25H27N3O4. The van der Waals surface area contributed by atoms with Gasteiger partial charge in [-0.15, -0.1) is 0 Å². The Balaban J connectivity index is 1.75. The molecule has 1 aromatic heterocycles. The average molecular weight is 434 g/mol. The van der Waals surface area contributed by atoms with Gasteiger partial charge in [-0.3, -0.25) is 14.4 Å². The van der Waals surface area contributed by atoms with Crippen LogP contribution in [0.1, 0.15) is 37.0 Å². The van der Waals surface area contributed by atoms with E-state index in [0.29, 0.717) is 27.9 Å². The highest BCUT2D eigenvalue weighted by molar-refractivity contribution is 6.14. The van der Waals surface area contributed by atoms with Crippen LogP contribution in [0.3, 0.4) is 0 Å². The van der Waals surface area contributed by atoms with Gasteiger partial charge in [0.15, 0.2) is 6.10 Å². The Morgan fingerprint density at radius 1 is 1.09 bits per heavy atom. The molecule has 2 amide bonds. The third-order valence-electron chi connectivity index (χ3n) is 6.03. The molecule has 1 N–H and O–H groups in total. The molecule has 7 nitrogen and oxygen atoms in total. The number of aromatic nitrogens is 1. The quantitative estimate of drug-likeness (QED) is 0.670. The molecule has 3 aromatic rings. The Bertz CT molecular complexity index is 1230. The number of carbonyl (C=O) groups is 2. The van der Waals surface area contributed by atoms with Crippen molar-refractivity contribution in [3.8, 4) is 5.75 Å². The normalized spacial score (nSPS) is 15.4. The number of rotatable bonds is 5. The number of pyridine rings is 1.